The van der Waals surface area contributed by atoms with E-state index in [1.807, 2.05) is 6.07 Å². The first-order chi connectivity index (χ1) is 12.1. The number of aryl methyl sites for hydroxylation is 2. The second-order valence-corrected chi connectivity index (χ2v) is 6.45. The summed E-state index contributed by atoms with van der Waals surface area (Å²) >= 11 is 0. The molecule has 6 nitrogen and oxygen atoms in total. The van der Waals surface area contributed by atoms with Crippen LogP contribution in [0.2, 0.25) is 0 Å². The second-order valence-electron chi connectivity index (χ2n) is 6.45. The van der Waals surface area contributed by atoms with Gasteiger partial charge in [-0.15, -0.1) is 0 Å². The molecular weight excluding hydrogens is 316 g/mol. The van der Waals surface area contributed by atoms with Gasteiger partial charge in [0.05, 0.1) is 5.92 Å². The number of benzene rings is 1. The average molecular weight is 340 g/mol. The zero-order valence-corrected chi connectivity index (χ0v) is 14.7. The third-order valence-corrected chi connectivity index (χ3v) is 4.81. The second kappa shape index (κ2) is 7.51. The molecule has 1 aromatic carbocycles. The lowest BCUT2D eigenvalue weighted by Crippen LogP contribution is -2.36. The van der Waals surface area contributed by atoms with Crippen LogP contribution in [0.4, 0.5) is 17.3 Å². The van der Waals surface area contributed by atoms with E-state index >= 15 is 0 Å². The summed E-state index contributed by atoms with van der Waals surface area (Å²) in [4.78, 5) is 21.9. The highest BCUT2D eigenvalue weighted by atomic mass is 16.4. The summed E-state index contributed by atoms with van der Waals surface area (Å²) in [6.45, 7) is 5.63. The van der Waals surface area contributed by atoms with Crippen LogP contribution >= 0.6 is 0 Å². The van der Waals surface area contributed by atoms with Gasteiger partial charge in [0.1, 0.15) is 18.0 Å². The first kappa shape index (κ1) is 17.2. The Balaban J connectivity index is 1.76. The van der Waals surface area contributed by atoms with Crippen molar-refractivity contribution in [3.05, 3.63) is 41.7 Å². The van der Waals surface area contributed by atoms with E-state index in [9.17, 15) is 4.79 Å². The molecule has 0 atom stereocenters. The van der Waals surface area contributed by atoms with Crippen LogP contribution in [0.1, 0.15) is 30.9 Å². The molecule has 2 N–H and O–H groups in total. The molecule has 1 aliphatic rings. The van der Waals surface area contributed by atoms with Gasteiger partial charge < -0.3 is 15.3 Å². The topological polar surface area (TPSA) is 78.4 Å². The molecule has 0 radical (unpaired) electrons. The molecule has 25 heavy (non-hydrogen) atoms. The zero-order chi connectivity index (χ0) is 17.8. The molecule has 1 aromatic heterocycles. The monoisotopic (exact) mass is 340 g/mol. The van der Waals surface area contributed by atoms with Crippen LogP contribution in [0.5, 0.6) is 0 Å². The number of para-hydroxylation sites is 1. The molecular formula is C19H24N4O2. The molecule has 6 heteroatoms. The first-order valence-corrected chi connectivity index (χ1v) is 8.73. The predicted molar refractivity (Wildman–Crippen MR) is 98.4 cm³/mol. The van der Waals surface area contributed by atoms with E-state index in [0.29, 0.717) is 25.9 Å². The van der Waals surface area contributed by atoms with E-state index in [4.69, 9.17) is 5.11 Å². The maximum atomic E-state index is 11.1. The summed E-state index contributed by atoms with van der Waals surface area (Å²) in [6.07, 6.45) is 3.81. The Bertz CT molecular complexity index is 755. The number of nitrogens with one attached hydrogen (secondary N) is 1. The fraction of sp³-hybridized carbons (Fsp3) is 0.421. The van der Waals surface area contributed by atoms with Crippen LogP contribution in [-0.2, 0) is 11.2 Å². The normalized spacial score (nSPS) is 15.2. The number of carbonyl (C=O) groups is 1. The highest BCUT2D eigenvalue weighted by Crippen LogP contribution is 2.27. The van der Waals surface area contributed by atoms with Crippen LogP contribution in [0.15, 0.2) is 30.6 Å². The molecule has 0 spiro atoms. The van der Waals surface area contributed by atoms with E-state index in [2.05, 4.69) is 52.2 Å². The van der Waals surface area contributed by atoms with Crippen molar-refractivity contribution < 1.29 is 9.90 Å². The zero-order valence-electron chi connectivity index (χ0n) is 14.7. The lowest BCUT2D eigenvalue weighted by atomic mass is 9.97. The first-order valence-electron chi connectivity index (χ1n) is 8.73. The number of piperidine rings is 1. The van der Waals surface area contributed by atoms with Crippen molar-refractivity contribution in [3.63, 3.8) is 0 Å². The number of hydrogen-bond donors (Lipinski definition) is 2. The van der Waals surface area contributed by atoms with Gasteiger partial charge >= 0.3 is 5.97 Å². The average Bonchev–Trinajstić information content (AvgIpc) is 2.63. The van der Waals surface area contributed by atoms with Crippen LogP contribution in [-0.4, -0.2) is 34.1 Å². The van der Waals surface area contributed by atoms with Gasteiger partial charge in [-0.1, -0.05) is 25.1 Å². The van der Waals surface area contributed by atoms with Crippen molar-refractivity contribution in [2.75, 3.05) is 23.3 Å². The molecule has 1 fully saturated rings. The summed E-state index contributed by atoms with van der Waals surface area (Å²) in [5.74, 6) is 0.661. The molecule has 0 saturated carbocycles. The maximum absolute atomic E-state index is 11.1. The van der Waals surface area contributed by atoms with Crippen LogP contribution in [0.3, 0.4) is 0 Å². The van der Waals surface area contributed by atoms with E-state index < -0.39 is 5.97 Å². The Kier molecular flexibility index (Phi) is 5.16. The summed E-state index contributed by atoms with van der Waals surface area (Å²) in [7, 11) is 0. The number of rotatable bonds is 5. The van der Waals surface area contributed by atoms with Crippen LogP contribution in [0, 0.1) is 12.8 Å². The molecule has 3 rings (SSSR count). The Morgan fingerprint density at radius 2 is 2.08 bits per heavy atom. The van der Waals surface area contributed by atoms with E-state index in [1.165, 1.54) is 11.1 Å². The Morgan fingerprint density at radius 1 is 1.32 bits per heavy atom. The minimum Gasteiger partial charge on any atom is -0.481 e. The Morgan fingerprint density at radius 3 is 2.76 bits per heavy atom. The highest BCUT2D eigenvalue weighted by Gasteiger charge is 2.25. The number of carboxylic acids is 1. The number of hydrogen-bond acceptors (Lipinski definition) is 5. The van der Waals surface area contributed by atoms with Gasteiger partial charge in [0.25, 0.3) is 0 Å². The van der Waals surface area contributed by atoms with Crippen molar-refractivity contribution >= 4 is 23.3 Å². The molecule has 2 aromatic rings. The molecule has 132 valence electrons. The Hall–Kier alpha value is -2.63. The minimum atomic E-state index is -0.698. The smallest absolute Gasteiger partial charge is 0.306 e. The quantitative estimate of drug-likeness (QED) is 0.869. The molecule has 1 aliphatic heterocycles. The fourth-order valence-corrected chi connectivity index (χ4v) is 3.27. The van der Waals surface area contributed by atoms with Gasteiger partial charge in [0, 0.05) is 24.8 Å². The third kappa shape index (κ3) is 3.90. The maximum Gasteiger partial charge on any atom is 0.306 e. The summed E-state index contributed by atoms with van der Waals surface area (Å²) in [6, 6.07) is 8.21. The van der Waals surface area contributed by atoms with Crippen LogP contribution < -0.4 is 10.2 Å². The van der Waals surface area contributed by atoms with Gasteiger partial charge in [-0.3, -0.25) is 4.79 Å². The van der Waals surface area contributed by atoms with E-state index in [1.54, 1.807) is 6.33 Å². The molecule has 0 bridgehead atoms. The van der Waals surface area contributed by atoms with E-state index in [0.717, 1.165) is 23.7 Å². The van der Waals surface area contributed by atoms with Gasteiger partial charge in [-0.2, -0.15) is 0 Å². The summed E-state index contributed by atoms with van der Waals surface area (Å²) in [5, 5.41) is 12.6. The van der Waals surface area contributed by atoms with Crippen LogP contribution in [0.25, 0.3) is 0 Å². The largest absolute Gasteiger partial charge is 0.481 e. The van der Waals surface area contributed by atoms with Crippen molar-refractivity contribution in [1.82, 2.24) is 9.97 Å². The standard InChI is InChI=1S/C19H24N4O2/c1-3-14-6-4-5-13(2)18(14)22-16-11-17(21-12-20-16)23-9-7-15(8-10-23)19(24)25/h4-6,11-12,15H,3,7-10H2,1-2H3,(H,24,25)(H,20,21,22). The SMILES string of the molecule is CCc1cccc(C)c1Nc1cc(N2CCC(C(=O)O)CC2)ncn1. The lowest BCUT2D eigenvalue weighted by Gasteiger charge is -2.31. The van der Waals surface area contributed by atoms with Gasteiger partial charge in [0.2, 0.25) is 0 Å². The fourth-order valence-electron chi connectivity index (χ4n) is 3.27. The number of aliphatic carboxylic acids is 1. The summed E-state index contributed by atoms with van der Waals surface area (Å²) in [5.41, 5.74) is 3.53. The molecule has 0 amide bonds. The number of aromatic nitrogens is 2. The van der Waals surface area contributed by atoms with Gasteiger partial charge in [-0.25, -0.2) is 9.97 Å². The summed E-state index contributed by atoms with van der Waals surface area (Å²) < 4.78 is 0. The highest BCUT2D eigenvalue weighted by molar-refractivity contribution is 5.70. The van der Waals surface area contributed by atoms with Crippen molar-refractivity contribution in [1.29, 1.82) is 0 Å². The molecule has 0 unspecified atom stereocenters. The van der Waals surface area contributed by atoms with Crippen molar-refractivity contribution in [2.45, 2.75) is 33.1 Å². The third-order valence-electron chi connectivity index (χ3n) is 4.81. The minimum absolute atomic E-state index is 0.241. The van der Waals surface area contributed by atoms with Crippen molar-refractivity contribution in [2.24, 2.45) is 5.92 Å². The van der Waals surface area contributed by atoms with E-state index in [-0.39, 0.29) is 5.92 Å². The molecule has 1 saturated heterocycles. The molecule has 0 aliphatic carbocycles. The number of carboxylic acid groups (broad SMARTS) is 1. The van der Waals surface area contributed by atoms with Crippen molar-refractivity contribution in [3.8, 4) is 0 Å². The number of anilines is 3. The Labute approximate surface area is 147 Å². The molecule has 2 heterocycles. The van der Waals surface area contributed by atoms with Gasteiger partial charge in [-0.05, 0) is 37.3 Å². The lowest BCUT2D eigenvalue weighted by molar-refractivity contribution is -0.142. The predicted octanol–water partition coefficient (Wildman–Crippen LogP) is 3.39. The number of nitrogens with zero attached hydrogens (tertiary/aromatic N) is 3. The van der Waals surface area contributed by atoms with Gasteiger partial charge in [0.15, 0.2) is 0 Å².